The number of rotatable bonds is 12. The Hall–Kier alpha value is -3.02. The summed E-state index contributed by atoms with van der Waals surface area (Å²) in [7, 11) is 1.51. The number of aromatic nitrogens is 3. The molecule has 1 aromatic carbocycles. The SMILES string of the molecule is CCN1CCN(CCCCCc2ccc(Nc3ncnc4c(C(=O)Nc5c(Cl)c(C)cc(OC)c5Cl)csc34)nc2)CC1. The monoisotopic (exact) mass is 641 g/mol. The number of anilines is 3. The van der Waals surface area contributed by atoms with Gasteiger partial charge in [0, 0.05) is 37.8 Å². The first-order valence-corrected chi connectivity index (χ1v) is 16.2. The fourth-order valence-electron chi connectivity index (χ4n) is 5.22. The number of piperazine rings is 1. The number of nitrogens with one attached hydrogen (secondary N) is 2. The number of unbranched alkanes of at least 4 members (excludes halogenated alkanes) is 2. The maximum absolute atomic E-state index is 13.3. The lowest BCUT2D eigenvalue weighted by atomic mass is 10.1. The van der Waals surface area contributed by atoms with Crippen LogP contribution >= 0.6 is 34.5 Å². The number of halogens is 2. The normalized spacial score (nSPS) is 14.3. The molecule has 1 aliphatic heterocycles. The van der Waals surface area contributed by atoms with Crippen LogP contribution in [-0.2, 0) is 6.42 Å². The molecule has 0 spiro atoms. The molecule has 5 rings (SSSR count). The second-order valence-electron chi connectivity index (χ2n) is 10.7. The predicted molar refractivity (Wildman–Crippen MR) is 177 cm³/mol. The van der Waals surface area contributed by atoms with Crippen molar-refractivity contribution in [1.29, 1.82) is 0 Å². The molecule has 12 heteroatoms. The van der Waals surface area contributed by atoms with Gasteiger partial charge in [-0.3, -0.25) is 4.79 Å². The van der Waals surface area contributed by atoms with Crippen molar-refractivity contribution in [2.75, 3.05) is 57.0 Å². The van der Waals surface area contributed by atoms with E-state index in [-0.39, 0.29) is 10.9 Å². The quantitative estimate of drug-likeness (QED) is 0.159. The highest BCUT2D eigenvalue weighted by Crippen LogP contribution is 2.41. The minimum absolute atomic E-state index is 0.235. The number of hydrogen-bond acceptors (Lipinski definition) is 9. The van der Waals surface area contributed by atoms with Crippen molar-refractivity contribution in [3.8, 4) is 5.75 Å². The summed E-state index contributed by atoms with van der Waals surface area (Å²) in [6.07, 6.45) is 7.98. The molecular weight excluding hydrogens is 605 g/mol. The molecular formula is C31H37Cl2N7O2S. The molecule has 0 radical (unpaired) electrons. The number of aryl methyl sites for hydroxylation is 2. The van der Waals surface area contributed by atoms with Crippen LogP contribution in [0.5, 0.6) is 5.75 Å². The van der Waals surface area contributed by atoms with Crippen molar-refractivity contribution in [1.82, 2.24) is 24.8 Å². The number of carbonyl (C=O) groups is 1. The number of amides is 1. The number of thiophene rings is 1. The Morgan fingerprint density at radius 2 is 1.84 bits per heavy atom. The van der Waals surface area contributed by atoms with Crippen LogP contribution in [0.3, 0.4) is 0 Å². The lowest BCUT2D eigenvalue weighted by Gasteiger charge is -2.33. The summed E-state index contributed by atoms with van der Waals surface area (Å²) in [6, 6.07) is 5.80. The van der Waals surface area contributed by atoms with Crippen LogP contribution < -0.4 is 15.4 Å². The summed E-state index contributed by atoms with van der Waals surface area (Å²) in [5.74, 6) is 1.31. The first-order valence-electron chi connectivity index (χ1n) is 14.6. The van der Waals surface area contributed by atoms with E-state index in [0.717, 1.165) is 29.6 Å². The summed E-state index contributed by atoms with van der Waals surface area (Å²) in [6.45, 7) is 11.2. The summed E-state index contributed by atoms with van der Waals surface area (Å²) in [5, 5.41) is 8.46. The fraction of sp³-hybridized carbons (Fsp3) is 0.419. The third-order valence-corrected chi connectivity index (χ3v) is 9.67. The Morgan fingerprint density at radius 1 is 1.05 bits per heavy atom. The molecule has 3 aromatic heterocycles. The minimum atomic E-state index is -0.381. The van der Waals surface area contributed by atoms with E-state index in [1.54, 1.807) is 11.4 Å². The van der Waals surface area contributed by atoms with Crippen molar-refractivity contribution in [2.24, 2.45) is 0 Å². The number of hydrogen-bond donors (Lipinski definition) is 2. The molecule has 2 N–H and O–H groups in total. The number of pyridine rings is 1. The molecule has 43 heavy (non-hydrogen) atoms. The van der Waals surface area contributed by atoms with Gasteiger partial charge >= 0.3 is 0 Å². The first-order chi connectivity index (χ1) is 20.9. The number of ether oxygens (including phenoxy) is 1. The van der Waals surface area contributed by atoms with Crippen LogP contribution in [0.15, 0.2) is 36.1 Å². The van der Waals surface area contributed by atoms with E-state index in [9.17, 15) is 4.79 Å². The lowest BCUT2D eigenvalue weighted by Crippen LogP contribution is -2.46. The van der Waals surface area contributed by atoms with E-state index in [1.165, 1.54) is 75.9 Å². The second-order valence-corrected chi connectivity index (χ2v) is 12.3. The van der Waals surface area contributed by atoms with Crippen LogP contribution in [0, 0.1) is 6.92 Å². The van der Waals surface area contributed by atoms with E-state index in [2.05, 4.69) is 48.4 Å². The van der Waals surface area contributed by atoms with Gasteiger partial charge < -0.3 is 25.2 Å². The van der Waals surface area contributed by atoms with Gasteiger partial charge in [-0.2, -0.15) is 0 Å². The van der Waals surface area contributed by atoms with E-state index >= 15 is 0 Å². The number of fused-ring (bicyclic) bond motifs is 1. The van der Waals surface area contributed by atoms with Crippen molar-refractivity contribution in [2.45, 2.75) is 39.5 Å². The van der Waals surface area contributed by atoms with Crippen LogP contribution in [-0.4, -0.2) is 77.0 Å². The Bertz CT molecular complexity index is 1560. The third-order valence-electron chi connectivity index (χ3n) is 7.83. The Kier molecular flexibility index (Phi) is 10.7. The molecule has 0 bridgehead atoms. The maximum Gasteiger partial charge on any atom is 0.258 e. The van der Waals surface area contributed by atoms with E-state index in [4.69, 9.17) is 27.9 Å². The van der Waals surface area contributed by atoms with Crippen molar-refractivity contribution >= 4 is 68.0 Å². The van der Waals surface area contributed by atoms with Gasteiger partial charge in [-0.15, -0.1) is 11.3 Å². The number of carbonyl (C=O) groups excluding carboxylic acids is 1. The third kappa shape index (κ3) is 7.56. The minimum Gasteiger partial charge on any atom is -0.495 e. The van der Waals surface area contributed by atoms with Crippen LogP contribution in [0.4, 0.5) is 17.3 Å². The van der Waals surface area contributed by atoms with Gasteiger partial charge in [0.2, 0.25) is 0 Å². The summed E-state index contributed by atoms with van der Waals surface area (Å²) in [4.78, 5) is 31.8. The Labute approximate surface area is 266 Å². The van der Waals surface area contributed by atoms with Gasteiger partial charge in [-0.05, 0) is 62.5 Å². The molecule has 9 nitrogen and oxygen atoms in total. The molecule has 0 saturated carbocycles. The fourth-order valence-corrected chi connectivity index (χ4v) is 6.68. The molecule has 0 atom stereocenters. The standard InChI is InChI=1S/C31H37Cl2N7O2S/c1-4-39-12-14-40(15-13-39)11-7-5-6-8-21-9-10-24(34-17-21)37-30-29-27(35-19-36-30)22(18-43-29)31(41)38-28-25(32)20(2)16-23(42-3)26(28)33/h9-10,16-19H,4-8,11-15H2,1-3H3,(H,38,41)(H,34,35,36,37). The van der Waals surface area contributed by atoms with Gasteiger partial charge in [0.15, 0.2) is 5.82 Å². The van der Waals surface area contributed by atoms with Gasteiger partial charge in [0.05, 0.1) is 33.6 Å². The van der Waals surface area contributed by atoms with Crippen LogP contribution in [0.25, 0.3) is 10.2 Å². The Morgan fingerprint density at radius 3 is 2.56 bits per heavy atom. The maximum atomic E-state index is 13.3. The zero-order valence-electron chi connectivity index (χ0n) is 24.8. The number of likely N-dealkylation sites (N-methyl/N-ethyl adjacent to an activating group) is 1. The average molecular weight is 643 g/mol. The molecule has 4 aromatic rings. The van der Waals surface area contributed by atoms with E-state index in [1.807, 2.05) is 19.2 Å². The highest BCUT2D eigenvalue weighted by atomic mass is 35.5. The zero-order valence-corrected chi connectivity index (χ0v) is 27.1. The molecule has 1 aliphatic rings. The van der Waals surface area contributed by atoms with Crippen molar-refractivity contribution in [3.63, 3.8) is 0 Å². The number of benzene rings is 1. The highest BCUT2D eigenvalue weighted by Gasteiger charge is 2.21. The summed E-state index contributed by atoms with van der Waals surface area (Å²) < 4.78 is 6.07. The van der Waals surface area contributed by atoms with Crippen molar-refractivity contribution < 1.29 is 9.53 Å². The average Bonchev–Trinajstić information content (AvgIpc) is 3.47. The summed E-state index contributed by atoms with van der Waals surface area (Å²) >= 11 is 14.3. The first kappa shape index (κ1) is 31.4. The van der Waals surface area contributed by atoms with Gasteiger partial charge in [0.25, 0.3) is 5.91 Å². The molecule has 228 valence electrons. The molecule has 4 heterocycles. The molecule has 1 fully saturated rings. The van der Waals surface area contributed by atoms with Gasteiger partial charge in [0.1, 0.15) is 22.9 Å². The van der Waals surface area contributed by atoms with E-state index < -0.39 is 0 Å². The number of nitrogens with zero attached hydrogens (tertiary/aromatic N) is 5. The predicted octanol–water partition coefficient (Wildman–Crippen LogP) is 7.06. The molecule has 1 amide bonds. The van der Waals surface area contributed by atoms with Gasteiger partial charge in [-0.1, -0.05) is 42.6 Å². The van der Waals surface area contributed by atoms with Gasteiger partial charge in [-0.25, -0.2) is 15.0 Å². The largest absolute Gasteiger partial charge is 0.495 e. The zero-order chi connectivity index (χ0) is 30.3. The highest BCUT2D eigenvalue weighted by molar-refractivity contribution is 7.18. The van der Waals surface area contributed by atoms with Crippen LogP contribution in [0.2, 0.25) is 10.0 Å². The smallest absolute Gasteiger partial charge is 0.258 e. The lowest BCUT2D eigenvalue weighted by molar-refractivity contribution is 0.102. The topological polar surface area (TPSA) is 95.5 Å². The van der Waals surface area contributed by atoms with E-state index in [0.29, 0.717) is 39.2 Å². The second kappa shape index (κ2) is 14.6. The summed E-state index contributed by atoms with van der Waals surface area (Å²) in [5.41, 5.74) is 3.17. The van der Waals surface area contributed by atoms with Crippen LogP contribution in [0.1, 0.15) is 47.7 Å². The molecule has 1 saturated heterocycles. The molecule has 0 aliphatic carbocycles. The van der Waals surface area contributed by atoms with Crippen molar-refractivity contribution in [3.05, 3.63) is 62.8 Å². The molecule has 0 unspecified atom stereocenters. The Balaban J connectivity index is 1.17. The number of methoxy groups -OCH3 is 1.